The van der Waals surface area contributed by atoms with Crippen LogP contribution in [0.5, 0.6) is 0 Å². The molecule has 68 heavy (non-hydrogen) atoms. The molecule has 2 aromatic heterocycles. The van der Waals surface area contributed by atoms with Gasteiger partial charge in [-0.2, -0.15) is 0 Å². The van der Waals surface area contributed by atoms with Crippen molar-refractivity contribution < 1.29 is 4.42 Å². The predicted molar refractivity (Wildman–Crippen MR) is 296 cm³/mol. The Hall–Kier alpha value is -4.74. The summed E-state index contributed by atoms with van der Waals surface area (Å²) in [6.07, 6.45) is 10.0. The van der Waals surface area contributed by atoms with E-state index in [1.54, 1.807) is 0 Å². The molecule has 0 radical (unpaired) electrons. The van der Waals surface area contributed by atoms with Crippen molar-refractivity contribution >= 4 is 94.2 Å². The van der Waals surface area contributed by atoms with Gasteiger partial charge in [0.2, 0.25) is 0 Å². The molecule has 350 valence electrons. The van der Waals surface area contributed by atoms with Gasteiger partial charge in [0.05, 0.1) is 17.0 Å². The maximum atomic E-state index is 7.56. The van der Waals surface area contributed by atoms with Gasteiger partial charge in [0, 0.05) is 48.3 Å². The third-order valence-corrected chi connectivity index (χ3v) is 19.5. The molecular weight excluding hydrogens is 844 g/mol. The summed E-state index contributed by atoms with van der Waals surface area (Å²) in [6.45, 7) is 36.5. The van der Waals surface area contributed by atoms with Crippen molar-refractivity contribution in [3.8, 4) is 0 Å². The highest BCUT2D eigenvalue weighted by Crippen LogP contribution is 2.59. The smallest absolute Gasteiger partial charge is 0.297 e. The van der Waals surface area contributed by atoms with Crippen LogP contribution < -0.4 is 26.4 Å². The van der Waals surface area contributed by atoms with Gasteiger partial charge in [-0.15, -0.1) is 11.3 Å². The van der Waals surface area contributed by atoms with Crippen LogP contribution in [0.15, 0.2) is 95.1 Å². The molecule has 0 saturated heterocycles. The molecule has 5 aromatic carbocycles. The van der Waals surface area contributed by atoms with Gasteiger partial charge in [-0.1, -0.05) is 127 Å². The van der Waals surface area contributed by atoms with E-state index in [9.17, 15) is 0 Å². The molecule has 1 fully saturated rings. The van der Waals surface area contributed by atoms with Gasteiger partial charge in [0.15, 0.2) is 0 Å². The second-order valence-electron chi connectivity index (χ2n) is 26.8. The van der Waals surface area contributed by atoms with E-state index in [0.717, 1.165) is 17.7 Å². The largest absolute Gasteiger partial charge is 0.468 e. The molecule has 0 N–H and O–H groups in total. The first-order valence-electron chi connectivity index (χ1n) is 26.0. The van der Waals surface area contributed by atoms with Gasteiger partial charge in [-0.25, -0.2) is 0 Å². The zero-order chi connectivity index (χ0) is 48.0. The molecule has 0 amide bonds. The standard InChI is InChI=1S/C63H73BN2OS/c1-36-29-49-55-50(30-36)66(47-17-16-18-53-54(47)41-32-38(59(5,6)7)20-24-52(41)68-53)56-40-31-37(58(2,3)4)19-23-51(40)67-57(56)64(55)46-34-44-45(63(14,15)28-27-62(44,12)13)35-48(46)65(49)39-21-22-42-43(33-39)61(10,11)26-25-60(42,8)9/h16-20,23-24,29-35,42-43H,21-22,25-28H2,1-15H3. The van der Waals surface area contributed by atoms with Crippen molar-refractivity contribution in [1.29, 1.82) is 0 Å². The van der Waals surface area contributed by atoms with Crippen LogP contribution in [0.25, 0.3) is 31.1 Å². The lowest BCUT2D eigenvalue weighted by atomic mass is 9.35. The Morgan fingerprint density at radius 2 is 1.26 bits per heavy atom. The average Bonchev–Trinajstić information content (AvgIpc) is 3.84. The summed E-state index contributed by atoms with van der Waals surface area (Å²) in [5, 5.41) is 3.86. The van der Waals surface area contributed by atoms with E-state index in [1.807, 2.05) is 11.3 Å². The van der Waals surface area contributed by atoms with Gasteiger partial charge in [0.1, 0.15) is 5.58 Å². The van der Waals surface area contributed by atoms with Crippen LogP contribution >= 0.6 is 11.3 Å². The monoisotopic (exact) mass is 917 g/mol. The summed E-state index contributed by atoms with van der Waals surface area (Å²) in [5.41, 5.74) is 20.3. The Kier molecular flexibility index (Phi) is 9.29. The second kappa shape index (κ2) is 14.2. The molecule has 5 aliphatic rings. The molecule has 3 nitrogen and oxygen atoms in total. The van der Waals surface area contributed by atoms with Crippen molar-refractivity contribution in [1.82, 2.24) is 0 Å². The second-order valence-corrected chi connectivity index (χ2v) is 27.9. The van der Waals surface area contributed by atoms with Crippen molar-refractivity contribution in [3.63, 3.8) is 0 Å². The fraction of sp³-hybridized carbons (Fsp3) is 0.460. The van der Waals surface area contributed by atoms with Crippen molar-refractivity contribution in [2.45, 2.75) is 164 Å². The first-order chi connectivity index (χ1) is 31.8. The maximum absolute atomic E-state index is 7.56. The summed E-state index contributed by atoms with van der Waals surface area (Å²) in [6, 6.07) is 31.7. The molecule has 2 atom stereocenters. The molecule has 2 unspecified atom stereocenters. The summed E-state index contributed by atoms with van der Waals surface area (Å²) in [5.74, 6) is 1.19. The summed E-state index contributed by atoms with van der Waals surface area (Å²) in [7, 11) is 0. The quantitative estimate of drug-likeness (QED) is 0.161. The number of hydrogen-bond acceptors (Lipinski definition) is 4. The normalized spacial score (nSPS) is 22.2. The zero-order valence-corrected chi connectivity index (χ0v) is 44.6. The number of aryl methyl sites for hydroxylation is 1. The van der Waals surface area contributed by atoms with E-state index in [4.69, 9.17) is 4.42 Å². The number of fused-ring (bicyclic) bond motifs is 11. The number of benzene rings is 5. The Labute approximate surface area is 411 Å². The Morgan fingerprint density at radius 3 is 1.96 bits per heavy atom. The van der Waals surface area contributed by atoms with Crippen molar-refractivity contribution in [2.75, 3.05) is 9.80 Å². The van der Waals surface area contributed by atoms with Crippen LogP contribution in [0.3, 0.4) is 0 Å². The molecule has 1 saturated carbocycles. The van der Waals surface area contributed by atoms with E-state index >= 15 is 0 Å². The lowest BCUT2D eigenvalue weighted by Gasteiger charge is -2.54. The number of anilines is 5. The minimum Gasteiger partial charge on any atom is -0.468 e. The maximum Gasteiger partial charge on any atom is 0.297 e. The van der Waals surface area contributed by atoms with Crippen LogP contribution in [0.2, 0.25) is 0 Å². The molecule has 5 heteroatoms. The van der Waals surface area contributed by atoms with Crippen LogP contribution in [-0.4, -0.2) is 6.71 Å². The van der Waals surface area contributed by atoms with Crippen molar-refractivity contribution in [3.05, 3.63) is 118 Å². The third-order valence-electron chi connectivity index (χ3n) is 18.3. The molecule has 0 spiro atoms. The SMILES string of the molecule is Cc1cc2c3c(c1)N(c1cccc4sc5ccc(C(C)(C)C)cc5c14)c1c(oc4ccc(C(C)(C)C)cc14)B3c1cc3c(cc1N2C1=CC2C(CC1)C(C)(C)CCC2(C)C)C(C)(C)CCC3(C)C. The first-order valence-corrected chi connectivity index (χ1v) is 26.8. The Bertz CT molecular complexity index is 3320. The minimum atomic E-state index is -0.0809. The summed E-state index contributed by atoms with van der Waals surface area (Å²) >= 11 is 1.92. The van der Waals surface area contributed by atoms with Crippen molar-refractivity contribution in [2.24, 2.45) is 22.7 Å². The number of furan rings is 1. The van der Waals surface area contributed by atoms with E-state index in [0.29, 0.717) is 17.3 Å². The van der Waals surface area contributed by atoms with E-state index in [-0.39, 0.29) is 33.8 Å². The summed E-state index contributed by atoms with van der Waals surface area (Å²) in [4.78, 5) is 5.46. The average molecular weight is 917 g/mol. The molecule has 4 heterocycles. The number of rotatable bonds is 2. The van der Waals surface area contributed by atoms with Gasteiger partial charge >= 0.3 is 0 Å². The van der Waals surface area contributed by atoms with E-state index in [1.165, 1.54) is 131 Å². The van der Waals surface area contributed by atoms with E-state index in [2.05, 4.69) is 199 Å². The molecule has 12 rings (SSSR count). The fourth-order valence-electron chi connectivity index (χ4n) is 13.9. The minimum absolute atomic E-state index is 0.0267. The number of thiophene rings is 1. The first kappa shape index (κ1) is 44.5. The highest BCUT2D eigenvalue weighted by molar-refractivity contribution is 7.26. The summed E-state index contributed by atoms with van der Waals surface area (Å²) < 4.78 is 10.2. The molecule has 0 bridgehead atoms. The Balaban J connectivity index is 1.21. The number of allylic oxidation sites excluding steroid dienone is 2. The van der Waals surface area contributed by atoms with Gasteiger partial charge in [-0.05, 0) is 183 Å². The van der Waals surface area contributed by atoms with Crippen LogP contribution in [0.1, 0.15) is 163 Å². The van der Waals surface area contributed by atoms with Gasteiger partial charge in [0.25, 0.3) is 6.71 Å². The lowest BCUT2D eigenvalue weighted by molar-refractivity contribution is -0.00318. The topological polar surface area (TPSA) is 19.6 Å². The predicted octanol–water partition coefficient (Wildman–Crippen LogP) is 16.6. The Morgan fingerprint density at radius 1 is 0.632 bits per heavy atom. The molecular formula is C63H73BN2OS. The van der Waals surface area contributed by atoms with Gasteiger partial charge in [-0.3, -0.25) is 0 Å². The third kappa shape index (κ3) is 6.41. The van der Waals surface area contributed by atoms with Crippen LogP contribution in [-0.2, 0) is 21.7 Å². The highest BCUT2D eigenvalue weighted by Gasteiger charge is 2.52. The lowest BCUT2D eigenvalue weighted by Crippen LogP contribution is -2.62. The van der Waals surface area contributed by atoms with Gasteiger partial charge < -0.3 is 14.2 Å². The van der Waals surface area contributed by atoms with E-state index < -0.39 is 0 Å². The molecule has 2 aliphatic heterocycles. The van der Waals surface area contributed by atoms with Crippen LogP contribution in [0, 0.1) is 29.6 Å². The molecule has 3 aliphatic carbocycles. The number of nitrogens with zero attached hydrogens (tertiary/aromatic N) is 2. The van der Waals surface area contributed by atoms with Crippen LogP contribution in [0.4, 0.5) is 28.4 Å². The zero-order valence-electron chi connectivity index (χ0n) is 43.8. The number of hydrogen-bond donors (Lipinski definition) is 0. The fourth-order valence-corrected chi connectivity index (χ4v) is 15.0. The highest BCUT2D eigenvalue weighted by atomic mass is 32.1. The molecule has 7 aromatic rings.